The Morgan fingerprint density at radius 3 is 2.43 bits per heavy atom. The Morgan fingerprint density at radius 1 is 1.09 bits per heavy atom. The SMILES string of the molecule is Cc1ccc(NS(=O)c2ccc(N3CCNC3=O)cc2)cc1C. The van der Waals surface area contributed by atoms with Gasteiger partial charge in [-0.25, -0.2) is 9.00 Å². The normalized spacial score (nSPS) is 15.4. The summed E-state index contributed by atoms with van der Waals surface area (Å²) in [5.74, 6) is 0. The minimum Gasteiger partial charge on any atom is -0.336 e. The molecule has 6 heteroatoms. The molecule has 1 unspecified atom stereocenters. The molecule has 1 atom stereocenters. The van der Waals surface area contributed by atoms with Gasteiger partial charge in [0.2, 0.25) is 0 Å². The van der Waals surface area contributed by atoms with E-state index in [2.05, 4.69) is 10.0 Å². The molecule has 2 aromatic carbocycles. The van der Waals surface area contributed by atoms with Crippen LogP contribution < -0.4 is 14.9 Å². The number of aryl methyl sites for hydroxylation is 2. The zero-order chi connectivity index (χ0) is 16.4. The quantitative estimate of drug-likeness (QED) is 0.906. The molecule has 0 aliphatic carbocycles. The molecule has 1 heterocycles. The fraction of sp³-hybridized carbons (Fsp3) is 0.235. The summed E-state index contributed by atoms with van der Waals surface area (Å²) in [7, 11) is -1.34. The number of nitrogens with zero attached hydrogens (tertiary/aromatic N) is 1. The second-order valence-electron chi connectivity index (χ2n) is 5.55. The Hall–Kier alpha value is -2.34. The van der Waals surface area contributed by atoms with Gasteiger partial charge < -0.3 is 10.0 Å². The third-order valence-corrected chi connectivity index (χ3v) is 5.06. The summed E-state index contributed by atoms with van der Waals surface area (Å²) in [5.41, 5.74) is 4.00. The average molecular weight is 329 g/mol. The van der Waals surface area contributed by atoms with Crippen molar-refractivity contribution in [2.45, 2.75) is 18.7 Å². The Bertz CT molecular complexity index is 759. The van der Waals surface area contributed by atoms with Gasteiger partial charge in [0.1, 0.15) is 11.0 Å². The van der Waals surface area contributed by atoms with E-state index in [9.17, 15) is 9.00 Å². The van der Waals surface area contributed by atoms with Crippen molar-refractivity contribution in [2.75, 3.05) is 22.7 Å². The van der Waals surface area contributed by atoms with Crippen molar-refractivity contribution in [2.24, 2.45) is 0 Å². The molecule has 23 heavy (non-hydrogen) atoms. The van der Waals surface area contributed by atoms with Crippen molar-refractivity contribution in [3.8, 4) is 0 Å². The monoisotopic (exact) mass is 329 g/mol. The Labute approximate surface area is 138 Å². The molecular weight excluding hydrogens is 310 g/mol. The Morgan fingerprint density at radius 2 is 1.83 bits per heavy atom. The van der Waals surface area contributed by atoms with Gasteiger partial charge in [0.25, 0.3) is 0 Å². The number of anilines is 2. The molecule has 2 aromatic rings. The molecule has 0 bridgehead atoms. The number of rotatable bonds is 4. The van der Waals surface area contributed by atoms with E-state index < -0.39 is 11.0 Å². The molecule has 2 N–H and O–H groups in total. The van der Waals surface area contributed by atoms with Crippen LogP contribution >= 0.6 is 0 Å². The first-order chi connectivity index (χ1) is 11.0. The molecule has 0 spiro atoms. The maximum atomic E-state index is 12.4. The fourth-order valence-electron chi connectivity index (χ4n) is 2.44. The topological polar surface area (TPSA) is 61.4 Å². The number of amides is 2. The van der Waals surface area contributed by atoms with Crippen molar-refractivity contribution in [3.63, 3.8) is 0 Å². The molecule has 1 aliphatic rings. The second kappa shape index (κ2) is 6.42. The van der Waals surface area contributed by atoms with Gasteiger partial charge in [-0.05, 0) is 61.4 Å². The predicted octanol–water partition coefficient (Wildman–Crippen LogP) is 2.97. The summed E-state index contributed by atoms with van der Waals surface area (Å²) in [4.78, 5) is 14.0. The van der Waals surface area contributed by atoms with Crippen LogP contribution in [0.25, 0.3) is 0 Å². The first kappa shape index (κ1) is 15.6. The van der Waals surface area contributed by atoms with E-state index in [-0.39, 0.29) is 6.03 Å². The van der Waals surface area contributed by atoms with Crippen molar-refractivity contribution in [3.05, 3.63) is 53.6 Å². The van der Waals surface area contributed by atoms with Crippen LogP contribution in [0.3, 0.4) is 0 Å². The van der Waals surface area contributed by atoms with Gasteiger partial charge in [-0.3, -0.25) is 4.90 Å². The largest absolute Gasteiger partial charge is 0.336 e. The standard InChI is InChI=1S/C17H19N3O2S/c1-12-3-4-14(11-13(12)2)19-23(22)16-7-5-15(6-8-16)20-10-9-18-17(20)21/h3-8,11,19H,9-10H2,1-2H3,(H,18,21). The number of nitrogens with one attached hydrogen (secondary N) is 2. The first-order valence-electron chi connectivity index (χ1n) is 7.46. The molecule has 0 saturated carbocycles. The molecule has 1 fully saturated rings. The van der Waals surface area contributed by atoms with Crippen LogP contribution in [0.4, 0.5) is 16.2 Å². The van der Waals surface area contributed by atoms with Crippen LogP contribution in [0.2, 0.25) is 0 Å². The lowest BCUT2D eigenvalue weighted by Gasteiger charge is -2.14. The van der Waals surface area contributed by atoms with Crippen LogP contribution in [0.5, 0.6) is 0 Å². The van der Waals surface area contributed by atoms with E-state index in [0.29, 0.717) is 18.0 Å². The van der Waals surface area contributed by atoms with Gasteiger partial charge in [-0.15, -0.1) is 0 Å². The zero-order valence-corrected chi connectivity index (χ0v) is 13.9. The van der Waals surface area contributed by atoms with Crippen LogP contribution in [-0.2, 0) is 11.0 Å². The van der Waals surface area contributed by atoms with E-state index in [1.54, 1.807) is 17.0 Å². The van der Waals surface area contributed by atoms with Gasteiger partial charge in [-0.2, -0.15) is 0 Å². The van der Waals surface area contributed by atoms with Gasteiger partial charge in [0, 0.05) is 24.5 Å². The molecule has 0 radical (unpaired) electrons. The van der Waals surface area contributed by atoms with Crippen molar-refractivity contribution in [1.82, 2.24) is 5.32 Å². The Kier molecular flexibility index (Phi) is 4.34. The average Bonchev–Trinajstić information content (AvgIpc) is 2.97. The maximum Gasteiger partial charge on any atom is 0.321 e. The predicted molar refractivity (Wildman–Crippen MR) is 93.1 cm³/mol. The lowest BCUT2D eigenvalue weighted by Crippen LogP contribution is -2.27. The summed E-state index contributed by atoms with van der Waals surface area (Å²) in [5, 5.41) is 2.76. The summed E-state index contributed by atoms with van der Waals surface area (Å²) < 4.78 is 15.4. The Balaban J connectivity index is 1.72. The van der Waals surface area contributed by atoms with Crippen molar-refractivity contribution in [1.29, 1.82) is 0 Å². The first-order valence-corrected chi connectivity index (χ1v) is 8.61. The smallest absolute Gasteiger partial charge is 0.321 e. The van der Waals surface area contributed by atoms with Crippen molar-refractivity contribution < 1.29 is 9.00 Å². The highest BCUT2D eigenvalue weighted by Crippen LogP contribution is 2.21. The van der Waals surface area contributed by atoms with Crippen LogP contribution in [-0.4, -0.2) is 23.3 Å². The lowest BCUT2D eigenvalue weighted by molar-refractivity contribution is 0.252. The molecule has 0 aromatic heterocycles. The lowest BCUT2D eigenvalue weighted by atomic mass is 10.1. The summed E-state index contributed by atoms with van der Waals surface area (Å²) in [6.45, 7) is 5.38. The van der Waals surface area contributed by atoms with E-state index >= 15 is 0 Å². The molecule has 120 valence electrons. The number of urea groups is 1. The van der Waals surface area contributed by atoms with Crippen LogP contribution in [0, 0.1) is 13.8 Å². The highest BCUT2D eigenvalue weighted by atomic mass is 32.2. The highest BCUT2D eigenvalue weighted by Gasteiger charge is 2.21. The molecule has 1 saturated heterocycles. The summed E-state index contributed by atoms with van der Waals surface area (Å²) >= 11 is 0. The number of benzene rings is 2. The third kappa shape index (κ3) is 3.37. The highest BCUT2D eigenvalue weighted by molar-refractivity contribution is 7.86. The molecule has 3 rings (SSSR count). The zero-order valence-electron chi connectivity index (χ0n) is 13.1. The summed E-state index contributed by atoms with van der Waals surface area (Å²) in [6, 6.07) is 13.0. The van der Waals surface area contributed by atoms with E-state index in [0.717, 1.165) is 16.9 Å². The van der Waals surface area contributed by atoms with E-state index in [4.69, 9.17) is 0 Å². The molecular formula is C17H19N3O2S. The van der Waals surface area contributed by atoms with Gasteiger partial charge in [0.15, 0.2) is 0 Å². The molecule has 2 amide bonds. The second-order valence-corrected chi connectivity index (χ2v) is 6.76. The van der Waals surface area contributed by atoms with E-state index in [1.165, 1.54) is 5.56 Å². The molecule has 1 aliphatic heterocycles. The molecule has 5 nitrogen and oxygen atoms in total. The number of hydrogen-bond donors (Lipinski definition) is 2. The van der Waals surface area contributed by atoms with Crippen molar-refractivity contribution >= 4 is 28.4 Å². The number of carbonyl (C=O) groups is 1. The van der Waals surface area contributed by atoms with E-state index in [1.807, 2.05) is 44.2 Å². The maximum absolute atomic E-state index is 12.4. The minimum atomic E-state index is -1.34. The fourth-order valence-corrected chi connectivity index (χ4v) is 3.28. The summed E-state index contributed by atoms with van der Waals surface area (Å²) in [6.07, 6.45) is 0. The van der Waals surface area contributed by atoms with Gasteiger partial charge in [0.05, 0.1) is 4.90 Å². The van der Waals surface area contributed by atoms with Gasteiger partial charge in [-0.1, -0.05) is 6.07 Å². The van der Waals surface area contributed by atoms with Gasteiger partial charge >= 0.3 is 6.03 Å². The number of hydrogen-bond acceptors (Lipinski definition) is 2. The number of carbonyl (C=O) groups excluding carboxylic acids is 1. The minimum absolute atomic E-state index is 0.0906. The van der Waals surface area contributed by atoms with Crippen LogP contribution in [0.15, 0.2) is 47.4 Å². The van der Waals surface area contributed by atoms with Crippen LogP contribution in [0.1, 0.15) is 11.1 Å². The third-order valence-electron chi connectivity index (χ3n) is 3.94.